The van der Waals surface area contributed by atoms with E-state index in [1.54, 1.807) is 19.2 Å². The third-order valence-electron chi connectivity index (χ3n) is 5.67. The number of rotatable bonds is 5. The lowest BCUT2D eigenvalue weighted by molar-refractivity contribution is -0.140. The van der Waals surface area contributed by atoms with Gasteiger partial charge in [-0.15, -0.1) is 0 Å². The van der Waals surface area contributed by atoms with E-state index in [0.29, 0.717) is 11.6 Å². The monoisotopic (exact) mass is 398 g/mol. The van der Waals surface area contributed by atoms with Gasteiger partial charge in [0.15, 0.2) is 0 Å². The minimum atomic E-state index is -0.380. The Morgan fingerprint density at radius 2 is 1.75 bits per heavy atom. The van der Waals surface area contributed by atoms with Crippen molar-refractivity contribution in [2.75, 3.05) is 13.7 Å². The van der Waals surface area contributed by atoms with E-state index in [1.165, 1.54) is 4.90 Å². The first-order chi connectivity index (χ1) is 13.6. The highest BCUT2D eigenvalue weighted by Gasteiger charge is 2.45. The zero-order valence-corrected chi connectivity index (χ0v) is 16.6. The average molecular weight is 399 g/mol. The molecule has 2 amide bonds. The summed E-state index contributed by atoms with van der Waals surface area (Å²) in [6.07, 6.45) is 2.26. The van der Waals surface area contributed by atoms with Crippen LogP contribution in [0.25, 0.3) is 0 Å². The third-order valence-corrected chi connectivity index (χ3v) is 5.92. The SMILES string of the molecule is COc1ccc([C@@H]2CCCN2[C@@H]2CC(=O)N(Cc3ccc(Cl)cc3)C2=O)cc1. The quantitative estimate of drug-likeness (QED) is 0.718. The van der Waals surface area contributed by atoms with Gasteiger partial charge in [0.2, 0.25) is 11.8 Å². The molecule has 0 saturated carbocycles. The first kappa shape index (κ1) is 19.0. The van der Waals surface area contributed by atoms with Crippen LogP contribution in [0.2, 0.25) is 5.02 Å². The van der Waals surface area contributed by atoms with Crippen LogP contribution in [-0.2, 0) is 16.1 Å². The molecule has 2 heterocycles. The largest absolute Gasteiger partial charge is 0.497 e. The van der Waals surface area contributed by atoms with Gasteiger partial charge in [-0.3, -0.25) is 19.4 Å². The van der Waals surface area contributed by atoms with Crippen molar-refractivity contribution in [1.82, 2.24) is 9.80 Å². The van der Waals surface area contributed by atoms with Crippen molar-refractivity contribution in [3.05, 3.63) is 64.7 Å². The lowest BCUT2D eigenvalue weighted by Crippen LogP contribution is -2.41. The molecule has 2 aliphatic rings. The summed E-state index contributed by atoms with van der Waals surface area (Å²) in [5, 5.41) is 0.639. The lowest BCUT2D eigenvalue weighted by Gasteiger charge is -2.29. The molecule has 0 N–H and O–H groups in total. The number of carbonyl (C=O) groups excluding carboxylic acids is 2. The first-order valence-electron chi connectivity index (χ1n) is 9.55. The number of likely N-dealkylation sites (tertiary alicyclic amines) is 2. The molecule has 28 heavy (non-hydrogen) atoms. The van der Waals surface area contributed by atoms with Crippen LogP contribution in [-0.4, -0.2) is 41.3 Å². The summed E-state index contributed by atoms with van der Waals surface area (Å²) in [7, 11) is 1.65. The lowest BCUT2D eigenvalue weighted by atomic mass is 10.0. The smallest absolute Gasteiger partial charge is 0.247 e. The summed E-state index contributed by atoms with van der Waals surface area (Å²) in [5.41, 5.74) is 2.06. The van der Waals surface area contributed by atoms with Crippen molar-refractivity contribution in [3.63, 3.8) is 0 Å². The van der Waals surface area contributed by atoms with Crippen LogP contribution in [0.4, 0.5) is 0 Å². The normalized spacial score (nSPS) is 22.9. The molecule has 0 aliphatic carbocycles. The van der Waals surface area contributed by atoms with E-state index in [-0.39, 0.29) is 30.3 Å². The summed E-state index contributed by atoms with van der Waals surface area (Å²) in [5.74, 6) is 0.611. The Bertz CT molecular complexity index is 866. The fourth-order valence-corrected chi connectivity index (χ4v) is 4.34. The van der Waals surface area contributed by atoms with Crippen LogP contribution >= 0.6 is 11.6 Å². The molecule has 2 aromatic carbocycles. The number of methoxy groups -OCH3 is 1. The van der Waals surface area contributed by atoms with Crippen LogP contribution in [0, 0.1) is 0 Å². The molecular formula is C22H23ClN2O3. The summed E-state index contributed by atoms with van der Waals surface area (Å²) in [6.45, 7) is 1.13. The molecule has 0 aromatic heterocycles. The first-order valence-corrected chi connectivity index (χ1v) is 9.93. The second-order valence-electron chi connectivity index (χ2n) is 7.33. The number of imide groups is 1. The third kappa shape index (κ3) is 3.64. The topological polar surface area (TPSA) is 49.9 Å². The summed E-state index contributed by atoms with van der Waals surface area (Å²) < 4.78 is 5.24. The van der Waals surface area contributed by atoms with E-state index in [9.17, 15) is 9.59 Å². The van der Waals surface area contributed by atoms with Gasteiger partial charge < -0.3 is 4.74 Å². The van der Waals surface area contributed by atoms with Crippen LogP contribution < -0.4 is 4.74 Å². The Morgan fingerprint density at radius 3 is 2.43 bits per heavy atom. The number of nitrogens with zero attached hydrogens (tertiary/aromatic N) is 2. The van der Waals surface area contributed by atoms with Crippen LogP contribution in [0.5, 0.6) is 5.75 Å². The minimum absolute atomic E-state index is 0.0969. The van der Waals surface area contributed by atoms with Crippen molar-refractivity contribution in [3.8, 4) is 5.75 Å². The highest BCUT2D eigenvalue weighted by molar-refractivity contribution is 6.30. The number of benzene rings is 2. The number of halogens is 1. The molecule has 2 fully saturated rings. The summed E-state index contributed by atoms with van der Waals surface area (Å²) in [6, 6.07) is 15.0. The van der Waals surface area contributed by atoms with Gasteiger partial charge in [0.1, 0.15) is 5.75 Å². The Balaban J connectivity index is 1.50. The zero-order valence-electron chi connectivity index (χ0n) is 15.8. The number of hydrogen-bond donors (Lipinski definition) is 0. The minimum Gasteiger partial charge on any atom is -0.497 e. The molecule has 6 heteroatoms. The van der Waals surface area contributed by atoms with E-state index in [1.807, 2.05) is 24.3 Å². The molecule has 0 bridgehead atoms. The van der Waals surface area contributed by atoms with Gasteiger partial charge in [-0.1, -0.05) is 35.9 Å². The Kier molecular flexibility index (Phi) is 5.38. The van der Waals surface area contributed by atoms with Crippen molar-refractivity contribution in [2.24, 2.45) is 0 Å². The van der Waals surface area contributed by atoms with Crippen LogP contribution in [0.15, 0.2) is 48.5 Å². The molecule has 2 aromatic rings. The number of carbonyl (C=O) groups is 2. The van der Waals surface area contributed by atoms with Gasteiger partial charge in [-0.25, -0.2) is 0 Å². The van der Waals surface area contributed by atoms with Crippen molar-refractivity contribution < 1.29 is 14.3 Å². The number of hydrogen-bond acceptors (Lipinski definition) is 4. The molecule has 2 aliphatic heterocycles. The molecular weight excluding hydrogens is 376 g/mol. The molecule has 146 valence electrons. The fraction of sp³-hybridized carbons (Fsp3) is 0.364. The summed E-state index contributed by atoms with van der Waals surface area (Å²) >= 11 is 5.93. The second-order valence-corrected chi connectivity index (χ2v) is 7.77. The standard InChI is InChI=1S/C22H23ClN2O3/c1-28-18-10-6-16(7-11-18)19-3-2-12-24(19)20-13-21(26)25(22(20)27)14-15-4-8-17(23)9-5-15/h4-11,19-20H,2-3,12-14H2,1H3/t19-,20+/m0/s1. The van der Waals surface area contributed by atoms with Gasteiger partial charge in [-0.05, 0) is 54.8 Å². The van der Waals surface area contributed by atoms with Gasteiger partial charge in [0, 0.05) is 11.1 Å². The molecule has 2 atom stereocenters. The van der Waals surface area contributed by atoms with Crippen LogP contribution in [0.1, 0.15) is 36.4 Å². The van der Waals surface area contributed by atoms with Crippen molar-refractivity contribution >= 4 is 23.4 Å². The Morgan fingerprint density at radius 1 is 1.04 bits per heavy atom. The zero-order chi connectivity index (χ0) is 19.7. The molecule has 4 rings (SSSR count). The van der Waals surface area contributed by atoms with Crippen molar-refractivity contribution in [2.45, 2.75) is 37.9 Å². The van der Waals surface area contributed by atoms with Crippen LogP contribution in [0.3, 0.4) is 0 Å². The second kappa shape index (κ2) is 7.94. The Hall–Kier alpha value is -2.37. The maximum atomic E-state index is 13.1. The molecule has 5 nitrogen and oxygen atoms in total. The van der Waals surface area contributed by atoms with Gasteiger partial charge >= 0.3 is 0 Å². The maximum absolute atomic E-state index is 13.1. The highest BCUT2D eigenvalue weighted by Crippen LogP contribution is 2.37. The molecule has 0 unspecified atom stereocenters. The predicted molar refractivity (Wildman–Crippen MR) is 107 cm³/mol. The van der Waals surface area contributed by atoms with E-state index >= 15 is 0 Å². The van der Waals surface area contributed by atoms with E-state index in [4.69, 9.17) is 16.3 Å². The van der Waals surface area contributed by atoms with E-state index < -0.39 is 0 Å². The predicted octanol–water partition coefficient (Wildman–Crippen LogP) is 3.81. The highest BCUT2D eigenvalue weighted by atomic mass is 35.5. The maximum Gasteiger partial charge on any atom is 0.247 e. The Labute approximate surface area is 169 Å². The van der Waals surface area contributed by atoms with Crippen molar-refractivity contribution in [1.29, 1.82) is 0 Å². The molecule has 2 saturated heterocycles. The number of ether oxygens (including phenoxy) is 1. The molecule has 0 spiro atoms. The number of amides is 2. The van der Waals surface area contributed by atoms with Gasteiger partial charge in [0.25, 0.3) is 0 Å². The average Bonchev–Trinajstić information content (AvgIpc) is 3.30. The van der Waals surface area contributed by atoms with Gasteiger partial charge in [-0.2, -0.15) is 0 Å². The summed E-state index contributed by atoms with van der Waals surface area (Å²) in [4.78, 5) is 29.2. The van der Waals surface area contributed by atoms with E-state index in [0.717, 1.165) is 36.3 Å². The van der Waals surface area contributed by atoms with Gasteiger partial charge in [0.05, 0.1) is 26.1 Å². The molecule has 0 radical (unpaired) electrons. The fourth-order valence-electron chi connectivity index (χ4n) is 4.21. The van der Waals surface area contributed by atoms with E-state index in [2.05, 4.69) is 17.0 Å².